The van der Waals surface area contributed by atoms with E-state index in [4.69, 9.17) is 4.74 Å². The van der Waals surface area contributed by atoms with Crippen molar-refractivity contribution in [3.8, 4) is 5.88 Å². The van der Waals surface area contributed by atoms with Crippen LogP contribution < -0.4 is 15.0 Å². The van der Waals surface area contributed by atoms with Crippen molar-refractivity contribution < 1.29 is 4.74 Å². The summed E-state index contributed by atoms with van der Waals surface area (Å²) in [6.07, 6.45) is 1.88. The van der Waals surface area contributed by atoms with Crippen molar-refractivity contribution in [2.45, 2.75) is 20.0 Å². The molecule has 1 saturated heterocycles. The van der Waals surface area contributed by atoms with Gasteiger partial charge in [-0.15, -0.1) is 0 Å². The maximum absolute atomic E-state index is 5.60. The number of anilines is 1. The van der Waals surface area contributed by atoms with E-state index in [0.29, 0.717) is 5.88 Å². The van der Waals surface area contributed by atoms with Crippen molar-refractivity contribution in [2.24, 2.45) is 0 Å². The third-order valence-electron chi connectivity index (χ3n) is 3.28. The SMILES string of the molecule is CC(C)Oc1ccnc(N(C)CCN2CCNCC2)n1. The second kappa shape index (κ2) is 7.40. The highest BCUT2D eigenvalue weighted by atomic mass is 16.5. The van der Waals surface area contributed by atoms with Gasteiger partial charge in [-0.05, 0) is 13.8 Å². The van der Waals surface area contributed by atoms with Gasteiger partial charge in [0.2, 0.25) is 11.8 Å². The van der Waals surface area contributed by atoms with Crippen LogP contribution in [0.15, 0.2) is 12.3 Å². The fourth-order valence-corrected chi connectivity index (χ4v) is 2.15. The molecule has 1 aromatic rings. The number of hydrogen-bond acceptors (Lipinski definition) is 6. The van der Waals surface area contributed by atoms with Crippen LogP contribution in [0.1, 0.15) is 13.8 Å². The number of aromatic nitrogens is 2. The Labute approximate surface area is 121 Å². The van der Waals surface area contributed by atoms with E-state index < -0.39 is 0 Å². The summed E-state index contributed by atoms with van der Waals surface area (Å²) in [7, 11) is 2.02. The minimum absolute atomic E-state index is 0.129. The molecule has 0 saturated carbocycles. The molecule has 1 aliphatic rings. The lowest BCUT2D eigenvalue weighted by molar-refractivity contribution is 0.232. The fourth-order valence-electron chi connectivity index (χ4n) is 2.15. The maximum Gasteiger partial charge on any atom is 0.228 e. The van der Waals surface area contributed by atoms with Crippen LogP contribution in [0.4, 0.5) is 5.95 Å². The fraction of sp³-hybridized carbons (Fsp3) is 0.714. The second-order valence-corrected chi connectivity index (χ2v) is 5.37. The summed E-state index contributed by atoms with van der Waals surface area (Å²) in [5.41, 5.74) is 0. The summed E-state index contributed by atoms with van der Waals surface area (Å²) in [6, 6.07) is 1.80. The van der Waals surface area contributed by atoms with Gasteiger partial charge in [-0.3, -0.25) is 4.90 Å². The highest BCUT2D eigenvalue weighted by molar-refractivity contribution is 5.30. The van der Waals surface area contributed by atoms with Crippen LogP contribution in [0, 0.1) is 0 Å². The molecule has 0 spiro atoms. The minimum atomic E-state index is 0.129. The van der Waals surface area contributed by atoms with Crippen LogP contribution in [-0.4, -0.2) is 67.3 Å². The molecule has 0 radical (unpaired) electrons. The standard InChI is InChI=1S/C14H25N5O/c1-12(2)20-13-4-5-16-14(17-13)18(3)10-11-19-8-6-15-7-9-19/h4-5,12,15H,6-11H2,1-3H3. The van der Waals surface area contributed by atoms with Crippen molar-refractivity contribution in [3.63, 3.8) is 0 Å². The summed E-state index contributed by atoms with van der Waals surface area (Å²) in [5, 5.41) is 3.36. The number of likely N-dealkylation sites (N-methyl/N-ethyl adjacent to an activating group) is 1. The van der Waals surface area contributed by atoms with Gasteiger partial charge in [0.25, 0.3) is 0 Å². The first-order valence-electron chi connectivity index (χ1n) is 7.29. The molecule has 1 aromatic heterocycles. The first-order chi connectivity index (χ1) is 9.65. The van der Waals surface area contributed by atoms with Gasteiger partial charge < -0.3 is 15.0 Å². The molecule has 0 bridgehead atoms. The molecule has 6 heteroatoms. The molecule has 2 rings (SSSR count). The number of hydrogen-bond donors (Lipinski definition) is 1. The molecule has 112 valence electrons. The van der Waals surface area contributed by atoms with Gasteiger partial charge in [0, 0.05) is 58.6 Å². The van der Waals surface area contributed by atoms with Gasteiger partial charge in [0.1, 0.15) is 0 Å². The number of nitrogens with one attached hydrogen (secondary N) is 1. The van der Waals surface area contributed by atoms with Gasteiger partial charge in [0.05, 0.1) is 6.10 Å². The van der Waals surface area contributed by atoms with Gasteiger partial charge in [-0.2, -0.15) is 4.98 Å². The Hall–Kier alpha value is -1.40. The van der Waals surface area contributed by atoms with Crippen molar-refractivity contribution >= 4 is 5.95 Å². The Morgan fingerprint density at radius 2 is 2.15 bits per heavy atom. The minimum Gasteiger partial charge on any atom is -0.475 e. The molecule has 0 atom stereocenters. The van der Waals surface area contributed by atoms with Crippen molar-refractivity contribution in [2.75, 3.05) is 51.2 Å². The van der Waals surface area contributed by atoms with E-state index in [-0.39, 0.29) is 6.10 Å². The number of rotatable bonds is 6. The van der Waals surface area contributed by atoms with Crippen molar-refractivity contribution in [1.82, 2.24) is 20.2 Å². The highest BCUT2D eigenvalue weighted by Crippen LogP contribution is 2.12. The average Bonchev–Trinajstić information content (AvgIpc) is 2.45. The first-order valence-corrected chi connectivity index (χ1v) is 7.29. The second-order valence-electron chi connectivity index (χ2n) is 5.37. The van der Waals surface area contributed by atoms with Crippen LogP contribution in [0.5, 0.6) is 5.88 Å². The van der Waals surface area contributed by atoms with Crippen LogP contribution in [0.25, 0.3) is 0 Å². The monoisotopic (exact) mass is 279 g/mol. The van der Waals surface area contributed by atoms with E-state index in [0.717, 1.165) is 45.2 Å². The quantitative estimate of drug-likeness (QED) is 0.823. The van der Waals surface area contributed by atoms with E-state index in [2.05, 4.69) is 25.1 Å². The van der Waals surface area contributed by atoms with Gasteiger partial charge in [-0.1, -0.05) is 0 Å². The van der Waals surface area contributed by atoms with Gasteiger partial charge in [0.15, 0.2) is 0 Å². The third-order valence-corrected chi connectivity index (χ3v) is 3.28. The lowest BCUT2D eigenvalue weighted by atomic mass is 10.3. The summed E-state index contributed by atoms with van der Waals surface area (Å²) in [4.78, 5) is 13.3. The zero-order chi connectivity index (χ0) is 14.4. The predicted molar refractivity (Wildman–Crippen MR) is 80.4 cm³/mol. The molecular weight excluding hydrogens is 254 g/mol. The lowest BCUT2D eigenvalue weighted by Gasteiger charge is -2.29. The van der Waals surface area contributed by atoms with E-state index in [1.807, 2.05) is 20.9 Å². The van der Waals surface area contributed by atoms with E-state index in [1.165, 1.54) is 0 Å². The molecule has 0 amide bonds. The lowest BCUT2D eigenvalue weighted by Crippen LogP contribution is -2.46. The Bertz CT molecular complexity index is 406. The van der Waals surface area contributed by atoms with Crippen LogP contribution in [-0.2, 0) is 0 Å². The van der Waals surface area contributed by atoms with E-state index in [9.17, 15) is 0 Å². The topological polar surface area (TPSA) is 53.5 Å². The van der Waals surface area contributed by atoms with Crippen molar-refractivity contribution in [1.29, 1.82) is 0 Å². The summed E-state index contributed by atoms with van der Waals surface area (Å²) in [5.74, 6) is 1.36. The molecular formula is C14H25N5O. The predicted octanol–water partition coefficient (Wildman–Crippen LogP) is 0.605. The third kappa shape index (κ3) is 4.61. The Morgan fingerprint density at radius 3 is 2.85 bits per heavy atom. The Kier molecular flexibility index (Phi) is 5.55. The molecule has 0 aliphatic carbocycles. The summed E-state index contributed by atoms with van der Waals surface area (Å²) < 4.78 is 5.60. The number of ether oxygens (including phenoxy) is 1. The normalized spacial score (nSPS) is 16.4. The van der Waals surface area contributed by atoms with Gasteiger partial charge in [-0.25, -0.2) is 4.98 Å². The number of nitrogens with zero attached hydrogens (tertiary/aromatic N) is 4. The summed E-state index contributed by atoms with van der Waals surface area (Å²) >= 11 is 0. The summed E-state index contributed by atoms with van der Waals surface area (Å²) in [6.45, 7) is 10.3. The van der Waals surface area contributed by atoms with Crippen LogP contribution in [0.2, 0.25) is 0 Å². The Balaban J connectivity index is 1.86. The smallest absolute Gasteiger partial charge is 0.228 e. The van der Waals surface area contributed by atoms with E-state index >= 15 is 0 Å². The maximum atomic E-state index is 5.60. The first kappa shape index (κ1) is 15.0. The molecule has 1 N–H and O–H groups in total. The van der Waals surface area contributed by atoms with Crippen molar-refractivity contribution in [3.05, 3.63) is 12.3 Å². The zero-order valence-corrected chi connectivity index (χ0v) is 12.7. The largest absolute Gasteiger partial charge is 0.475 e. The molecule has 2 heterocycles. The molecule has 1 aliphatic heterocycles. The molecule has 0 unspecified atom stereocenters. The average molecular weight is 279 g/mol. The molecule has 20 heavy (non-hydrogen) atoms. The highest BCUT2D eigenvalue weighted by Gasteiger charge is 2.12. The van der Waals surface area contributed by atoms with Crippen LogP contribution in [0.3, 0.4) is 0 Å². The van der Waals surface area contributed by atoms with Crippen LogP contribution >= 0.6 is 0 Å². The molecule has 0 aromatic carbocycles. The zero-order valence-electron chi connectivity index (χ0n) is 12.7. The molecule has 1 fully saturated rings. The van der Waals surface area contributed by atoms with Gasteiger partial charge >= 0.3 is 0 Å². The molecule has 6 nitrogen and oxygen atoms in total. The number of piperazine rings is 1. The Morgan fingerprint density at radius 1 is 1.40 bits per heavy atom. The van der Waals surface area contributed by atoms with E-state index in [1.54, 1.807) is 12.3 Å².